The summed E-state index contributed by atoms with van der Waals surface area (Å²) >= 11 is 0. The molecule has 3 fully saturated rings. The summed E-state index contributed by atoms with van der Waals surface area (Å²) in [6.45, 7) is 5.53. The third-order valence-corrected chi connectivity index (χ3v) is 5.45. The minimum Gasteiger partial charge on any atom is -0.328 e. The summed E-state index contributed by atoms with van der Waals surface area (Å²) in [7, 11) is 0. The van der Waals surface area contributed by atoms with Crippen LogP contribution in [0.15, 0.2) is 18.5 Å². The molecular formula is C18H20F3N3. The molecule has 0 aliphatic heterocycles. The van der Waals surface area contributed by atoms with Crippen LogP contribution >= 0.6 is 0 Å². The van der Waals surface area contributed by atoms with Crippen molar-refractivity contribution < 1.29 is 13.2 Å². The lowest BCUT2D eigenvalue weighted by atomic mass is 9.49. The molecule has 0 amide bonds. The molecule has 0 unspecified atom stereocenters. The van der Waals surface area contributed by atoms with Crippen LogP contribution in [0.25, 0.3) is 11.3 Å². The maximum Gasteiger partial charge on any atom is 0.418 e. The van der Waals surface area contributed by atoms with E-state index < -0.39 is 11.7 Å². The fourth-order valence-electron chi connectivity index (χ4n) is 4.01. The normalized spacial score (nSPS) is 25.5. The molecule has 2 bridgehead atoms. The molecule has 0 saturated heterocycles. The topological polar surface area (TPSA) is 30.7 Å². The van der Waals surface area contributed by atoms with E-state index in [0.29, 0.717) is 11.3 Å². The fourth-order valence-corrected chi connectivity index (χ4v) is 4.01. The Balaban J connectivity index is 1.79. The van der Waals surface area contributed by atoms with E-state index >= 15 is 0 Å². The van der Waals surface area contributed by atoms with Crippen LogP contribution in [-0.2, 0) is 11.7 Å². The SMILES string of the molecule is Cc1ncc(-c2cn(C34CC(C3)C4)c(C(C)C)n2)cc1C(F)(F)F. The van der Waals surface area contributed by atoms with Crippen molar-refractivity contribution in [3.8, 4) is 11.3 Å². The molecule has 2 heterocycles. The first-order valence-corrected chi connectivity index (χ1v) is 8.33. The van der Waals surface area contributed by atoms with Gasteiger partial charge in [0.05, 0.1) is 11.3 Å². The molecule has 6 heteroatoms. The predicted octanol–water partition coefficient (Wildman–Crippen LogP) is 4.90. The number of pyridine rings is 1. The van der Waals surface area contributed by atoms with Crippen molar-refractivity contribution >= 4 is 0 Å². The average Bonchev–Trinajstić information content (AvgIpc) is 2.79. The van der Waals surface area contributed by atoms with Crippen LogP contribution in [-0.4, -0.2) is 14.5 Å². The van der Waals surface area contributed by atoms with Crippen molar-refractivity contribution in [2.24, 2.45) is 5.92 Å². The first-order chi connectivity index (χ1) is 11.2. The van der Waals surface area contributed by atoms with E-state index in [1.54, 1.807) is 0 Å². The van der Waals surface area contributed by atoms with E-state index in [9.17, 15) is 13.2 Å². The van der Waals surface area contributed by atoms with Crippen molar-refractivity contribution in [2.45, 2.75) is 57.7 Å². The van der Waals surface area contributed by atoms with Gasteiger partial charge in [0, 0.05) is 35.1 Å². The largest absolute Gasteiger partial charge is 0.418 e. The Hall–Kier alpha value is -1.85. The quantitative estimate of drug-likeness (QED) is 0.798. The highest BCUT2D eigenvalue weighted by Crippen LogP contribution is 2.63. The summed E-state index contributed by atoms with van der Waals surface area (Å²) in [5.74, 6) is 2.01. The molecule has 5 rings (SSSR count). The molecular weight excluding hydrogens is 315 g/mol. The van der Waals surface area contributed by atoms with Gasteiger partial charge < -0.3 is 4.57 Å². The van der Waals surface area contributed by atoms with Gasteiger partial charge in [-0.25, -0.2) is 4.98 Å². The summed E-state index contributed by atoms with van der Waals surface area (Å²) in [6, 6.07) is 1.17. The molecule has 3 aliphatic rings. The molecule has 2 aromatic heterocycles. The van der Waals surface area contributed by atoms with E-state index in [1.165, 1.54) is 38.4 Å². The van der Waals surface area contributed by atoms with Gasteiger partial charge in [-0.15, -0.1) is 0 Å². The maximum atomic E-state index is 13.2. The summed E-state index contributed by atoms with van der Waals surface area (Å²) < 4.78 is 41.7. The lowest BCUT2D eigenvalue weighted by Crippen LogP contribution is -2.59. The van der Waals surface area contributed by atoms with E-state index in [1.807, 2.05) is 6.20 Å². The smallest absolute Gasteiger partial charge is 0.328 e. The van der Waals surface area contributed by atoms with E-state index in [2.05, 4.69) is 28.4 Å². The monoisotopic (exact) mass is 335 g/mol. The van der Waals surface area contributed by atoms with Crippen LogP contribution in [0.1, 0.15) is 56.1 Å². The van der Waals surface area contributed by atoms with Crippen molar-refractivity contribution in [3.05, 3.63) is 35.5 Å². The molecule has 2 aromatic rings. The van der Waals surface area contributed by atoms with Crippen LogP contribution in [0.4, 0.5) is 13.2 Å². The zero-order chi connectivity index (χ0) is 17.3. The van der Waals surface area contributed by atoms with Crippen LogP contribution in [0.3, 0.4) is 0 Å². The number of halogens is 3. The summed E-state index contributed by atoms with van der Waals surface area (Å²) in [5.41, 5.74) is 0.488. The lowest BCUT2D eigenvalue weighted by Gasteiger charge is -2.62. The summed E-state index contributed by atoms with van der Waals surface area (Å²) in [4.78, 5) is 8.60. The third-order valence-electron chi connectivity index (χ3n) is 5.45. The number of rotatable bonds is 3. The number of alkyl halides is 3. The van der Waals surface area contributed by atoms with Crippen molar-refractivity contribution in [1.29, 1.82) is 0 Å². The summed E-state index contributed by atoms with van der Waals surface area (Å²) in [5, 5.41) is 0. The van der Waals surface area contributed by atoms with Crippen molar-refractivity contribution in [3.63, 3.8) is 0 Å². The number of hydrogen-bond acceptors (Lipinski definition) is 2. The second-order valence-electron chi connectivity index (χ2n) is 7.57. The van der Waals surface area contributed by atoms with Gasteiger partial charge in [0.2, 0.25) is 0 Å². The van der Waals surface area contributed by atoms with E-state index in [4.69, 9.17) is 0 Å². The number of imidazole rings is 1. The molecule has 0 radical (unpaired) electrons. The van der Waals surface area contributed by atoms with Crippen LogP contribution in [0.5, 0.6) is 0 Å². The Morgan fingerprint density at radius 1 is 1.25 bits per heavy atom. The second-order valence-corrected chi connectivity index (χ2v) is 7.57. The van der Waals surface area contributed by atoms with Gasteiger partial charge in [-0.3, -0.25) is 4.98 Å². The molecule has 128 valence electrons. The fraction of sp³-hybridized carbons (Fsp3) is 0.556. The number of aromatic nitrogens is 3. The number of aryl methyl sites for hydroxylation is 1. The molecule has 0 aromatic carbocycles. The van der Waals surface area contributed by atoms with Gasteiger partial charge in [-0.1, -0.05) is 13.8 Å². The van der Waals surface area contributed by atoms with Gasteiger partial charge in [0.15, 0.2) is 0 Å². The molecule has 24 heavy (non-hydrogen) atoms. The highest BCUT2D eigenvalue weighted by Gasteiger charge is 2.58. The zero-order valence-electron chi connectivity index (χ0n) is 14.0. The predicted molar refractivity (Wildman–Crippen MR) is 84.6 cm³/mol. The lowest BCUT2D eigenvalue weighted by molar-refractivity contribution is -0.138. The van der Waals surface area contributed by atoms with Gasteiger partial charge in [0.1, 0.15) is 5.82 Å². The first-order valence-electron chi connectivity index (χ1n) is 8.33. The Morgan fingerprint density at radius 2 is 1.92 bits per heavy atom. The maximum absolute atomic E-state index is 13.2. The Kier molecular flexibility index (Phi) is 3.15. The second kappa shape index (κ2) is 4.83. The molecule has 0 N–H and O–H groups in total. The van der Waals surface area contributed by atoms with Gasteiger partial charge in [-0.05, 0) is 38.2 Å². The Labute approximate surface area is 138 Å². The Morgan fingerprint density at radius 3 is 2.42 bits per heavy atom. The summed E-state index contributed by atoms with van der Waals surface area (Å²) in [6.07, 6.45) is 2.53. The van der Waals surface area contributed by atoms with Crippen LogP contribution in [0.2, 0.25) is 0 Å². The molecule has 3 aliphatic carbocycles. The number of nitrogens with zero attached hydrogens (tertiary/aromatic N) is 3. The van der Waals surface area contributed by atoms with E-state index in [0.717, 1.165) is 11.7 Å². The van der Waals surface area contributed by atoms with Crippen LogP contribution in [0, 0.1) is 12.8 Å². The molecule has 0 spiro atoms. The van der Waals surface area contributed by atoms with Gasteiger partial charge in [0.25, 0.3) is 0 Å². The van der Waals surface area contributed by atoms with Crippen molar-refractivity contribution in [2.75, 3.05) is 0 Å². The molecule has 3 nitrogen and oxygen atoms in total. The highest BCUT2D eigenvalue weighted by molar-refractivity contribution is 5.59. The van der Waals surface area contributed by atoms with Crippen molar-refractivity contribution in [1.82, 2.24) is 14.5 Å². The van der Waals surface area contributed by atoms with Gasteiger partial charge in [-0.2, -0.15) is 13.2 Å². The Bertz CT molecular complexity index is 787. The van der Waals surface area contributed by atoms with E-state index in [-0.39, 0.29) is 17.2 Å². The van der Waals surface area contributed by atoms with Gasteiger partial charge >= 0.3 is 6.18 Å². The highest BCUT2D eigenvalue weighted by atomic mass is 19.4. The third kappa shape index (κ3) is 2.19. The molecule has 3 saturated carbocycles. The zero-order valence-corrected chi connectivity index (χ0v) is 14.0. The average molecular weight is 335 g/mol. The number of hydrogen-bond donors (Lipinski definition) is 0. The first kappa shape index (κ1) is 15.7. The van der Waals surface area contributed by atoms with Crippen LogP contribution < -0.4 is 0 Å². The standard InChI is InChI=1S/C18H20F3N3/c1-10(2)16-23-15(9-24(16)17-5-12(6-17)7-17)13-4-14(18(19,20)21)11(3)22-8-13/h4,8-10,12H,5-7H2,1-3H3. The minimum absolute atomic E-state index is 0.00538. The minimum atomic E-state index is -4.40. The molecule has 0 atom stereocenters.